The molecule has 2 heterocycles. The fourth-order valence-corrected chi connectivity index (χ4v) is 3.47. The third kappa shape index (κ3) is 7.35. The van der Waals surface area contributed by atoms with Crippen molar-refractivity contribution < 1.29 is 14.3 Å². The number of rotatable bonds is 9. The number of nitrogens with one attached hydrogen (secondary N) is 1. The molecule has 2 aromatic rings. The first-order chi connectivity index (χ1) is 15.0. The first-order valence-corrected chi connectivity index (χ1v) is 11.3. The van der Waals surface area contributed by atoms with Gasteiger partial charge in [0.25, 0.3) is 0 Å². The SMILES string of the molecule is CCCCCC(C)N(CC(=O)Nc1ccc(-c2c(C)cnn2C)cn1)C(=O)OC(C)(C)C. The second-order valence-electron chi connectivity index (χ2n) is 9.23. The average Bonchev–Trinajstić information content (AvgIpc) is 3.03. The molecular formula is C24H37N5O3. The summed E-state index contributed by atoms with van der Waals surface area (Å²) < 4.78 is 7.34. The van der Waals surface area contributed by atoms with Crippen molar-refractivity contribution in [1.29, 1.82) is 0 Å². The highest BCUT2D eigenvalue weighted by Crippen LogP contribution is 2.22. The van der Waals surface area contributed by atoms with E-state index in [0.717, 1.165) is 42.5 Å². The summed E-state index contributed by atoms with van der Waals surface area (Å²) in [4.78, 5) is 31.4. The van der Waals surface area contributed by atoms with Crippen molar-refractivity contribution in [2.75, 3.05) is 11.9 Å². The number of hydrogen-bond acceptors (Lipinski definition) is 5. The molecule has 0 bridgehead atoms. The van der Waals surface area contributed by atoms with E-state index in [-0.39, 0.29) is 18.5 Å². The Morgan fingerprint density at radius 1 is 1.22 bits per heavy atom. The number of anilines is 1. The Balaban J connectivity index is 2.07. The number of ether oxygens (including phenoxy) is 1. The standard InChI is InChI=1S/C24H37N5O3/c1-8-9-10-11-18(3)29(23(31)32-24(4,5)6)16-21(30)27-20-13-12-19(15-25-20)22-17(2)14-26-28(22)7/h12-15,18H,8-11,16H2,1-7H3,(H,25,27,30). The number of aromatic nitrogens is 3. The number of carbonyl (C=O) groups is 2. The van der Waals surface area contributed by atoms with E-state index < -0.39 is 11.7 Å². The zero-order valence-corrected chi connectivity index (χ0v) is 20.4. The van der Waals surface area contributed by atoms with Gasteiger partial charge in [-0.2, -0.15) is 5.10 Å². The summed E-state index contributed by atoms with van der Waals surface area (Å²) in [6.45, 7) is 11.5. The van der Waals surface area contributed by atoms with Crippen LogP contribution >= 0.6 is 0 Å². The van der Waals surface area contributed by atoms with Crippen LogP contribution in [0.25, 0.3) is 11.3 Å². The Kier molecular flexibility index (Phi) is 8.80. The maximum atomic E-state index is 12.8. The van der Waals surface area contributed by atoms with Gasteiger partial charge < -0.3 is 10.1 Å². The van der Waals surface area contributed by atoms with Gasteiger partial charge in [0, 0.05) is 24.8 Å². The van der Waals surface area contributed by atoms with Crippen LogP contribution in [0.4, 0.5) is 10.6 Å². The lowest BCUT2D eigenvalue weighted by Gasteiger charge is -2.31. The maximum Gasteiger partial charge on any atom is 0.410 e. The molecule has 0 aliphatic heterocycles. The van der Waals surface area contributed by atoms with E-state index in [2.05, 4.69) is 22.3 Å². The molecular weight excluding hydrogens is 406 g/mol. The molecule has 8 heteroatoms. The highest BCUT2D eigenvalue weighted by atomic mass is 16.6. The number of aryl methyl sites for hydroxylation is 2. The van der Waals surface area contributed by atoms with Gasteiger partial charge in [-0.1, -0.05) is 26.2 Å². The summed E-state index contributed by atoms with van der Waals surface area (Å²) in [6.07, 6.45) is 7.03. The number of amides is 2. The van der Waals surface area contributed by atoms with Gasteiger partial charge in [-0.15, -0.1) is 0 Å². The summed E-state index contributed by atoms with van der Waals surface area (Å²) >= 11 is 0. The van der Waals surface area contributed by atoms with Gasteiger partial charge in [0.1, 0.15) is 18.0 Å². The zero-order valence-electron chi connectivity index (χ0n) is 20.4. The van der Waals surface area contributed by atoms with Crippen LogP contribution in [-0.4, -0.2) is 49.9 Å². The largest absolute Gasteiger partial charge is 0.444 e. The summed E-state index contributed by atoms with van der Waals surface area (Å²) in [7, 11) is 1.88. The minimum absolute atomic E-state index is 0.0908. The summed E-state index contributed by atoms with van der Waals surface area (Å²) in [5.74, 6) is 0.122. The predicted molar refractivity (Wildman–Crippen MR) is 126 cm³/mol. The van der Waals surface area contributed by atoms with E-state index in [1.54, 1.807) is 23.1 Å². The van der Waals surface area contributed by atoms with Crippen LogP contribution in [0.1, 0.15) is 65.9 Å². The van der Waals surface area contributed by atoms with Crippen molar-refractivity contribution in [3.8, 4) is 11.3 Å². The third-order valence-electron chi connectivity index (χ3n) is 5.13. The Labute approximate surface area is 191 Å². The van der Waals surface area contributed by atoms with Crippen LogP contribution in [0.15, 0.2) is 24.5 Å². The quantitative estimate of drug-likeness (QED) is 0.555. The van der Waals surface area contributed by atoms with E-state index in [4.69, 9.17) is 4.74 Å². The molecule has 0 aliphatic rings. The van der Waals surface area contributed by atoms with E-state index in [9.17, 15) is 9.59 Å². The summed E-state index contributed by atoms with van der Waals surface area (Å²) in [5.41, 5.74) is 2.32. The minimum atomic E-state index is -0.629. The number of carbonyl (C=O) groups excluding carboxylic acids is 2. The third-order valence-corrected chi connectivity index (χ3v) is 5.13. The van der Waals surface area contributed by atoms with E-state index in [1.165, 1.54) is 4.90 Å². The molecule has 2 aromatic heterocycles. The molecule has 1 atom stereocenters. The molecule has 1 N–H and O–H groups in total. The highest BCUT2D eigenvalue weighted by molar-refractivity contribution is 5.93. The molecule has 176 valence electrons. The molecule has 2 rings (SSSR count). The van der Waals surface area contributed by atoms with Gasteiger partial charge in [0.15, 0.2) is 0 Å². The molecule has 0 saturated heterocycles. The lowest BCUT2D eigenvalue weighted by Crippen LogP contribution is -2.46. The molecule has 0 spiro atoms. The number of nitrogens with zero attached hydrogens (tertiary/aromatic N) is 4. The van der Waals surface area contributed by atoms with Crippen molar-refractivity contribution in [3.63, 3.8) is 0 Å². The fraction of sp³-hybridized carbons (Fsp3) is 0.583. The minimum Gasteiger partial charge on any atom is -0.444 e. The van der Waals surface area contributed by atoms with Crippen molar-refractivity contribution in [3.05, 3.63) is 30.1 Å². The van der Waals surface area contributed by atoms with Gasteiger partial charge in [0.2, 0.25) is 5.91 Å². The van der Waals surface area contributed by atoms with Gasteiger partial charge in [0.05, 0.1) is 11.9 Å². The average molecular weight is 444 g/mol. The molecule has 0 aliphatic carbocycles. The topological polar surface area (TPSA) is 89.4 Å². The molecule has 0 aromatic carbocycles. The summed E-state index contributed by atoms with van der Waals surface area (Å²) in [5, 5.41) is 7.04. The molecule has 0 radical (unpaired) electrons. The molecule has 2 amide bonds. The van der Waals surface area contributed by atoms with Gasteiger partial charge in [-0.25, -0.2) is 9.78 Å². The zero-order chi connectivity index (χ0) is 23.9. The van der Waals surface area contributed by atoms with Crippen LogP contribution in [0.5, 0.6) is 0 Å². The van der Waals surface area contributed by atoms with Crippen molar-refractivity contribution in [2.24, 2.45) is 7.05 Å². The van der Waals surface area contributed by atoms with E-state index in [1.807, 2.05) is 47.7 Å². The predicted octanol–water partition coefficient (Wildman–Crippen LogP) is 4.93. The number of hydrogen-bond donors (Lipinski definition) is 1. The highest BCUT2D eigenvalue weighted by Gasteiger charge is 2.27. The number of pyridine rings is 1. The first kappa shape index (κ1) is 25.4. The second-order valence-corrected chi connectivity index (χ2v) is 9.23. The van der Waals surface area contributed by atoms with Crippen LogP contribution in [0, 0.1) is 6.92 Å². The maximum absolute atomic E-state index is 12.8. The Hall–Kier alpha value is -2.90. The van der Waals surface area contributed by atoms with Crippen molar-refractivity contribution in [1.82, 2.24) is 19.7 Å². The van der Waals surface area contributed by atoms with Gasteiger partial charge in [-0.3, -0.25) is 14.4 Å². The van der Waals surface area contributed by atoms with E-state index >= 15 is 0 Å². The smallest absolute Gasteiger partial charge is 0.410 e. The summed E-state index contributed by atoms with van der Waals surface area (Å²) in [6, 6.07) is 3.54. The van der Waals surface area contributed by atoms with Crippen LogP contribution < -0.4 is 5.32 Å². The van der Waals surface area contributed by atoms with Crippen molar-refractivity contribution >= 4 is 17.8 Å². The molecule has 8 nitrogen and oxygen atoms in total. The Morgan fingerprint density at radius 2 is 1.94 bits per heavy atom. The first-order valence-electron chi connectivity index (χ1n) is 11.3. The normalized spacial score (nSPS) is 12.3. The fourth-order valence-electron chi connectivity index (χ4n) is 3.47. The molecule has 1 unspecified atom stereocenters. The van der Waals surface area contributed by atoms with Gasteiger partial charge >= 0.3 is 6.09 Å². The monoisotopic (exact) mass is 443 g/mol. The lowest BCUT2D eigenvalue weighted by molar-refractivity contribution is -0.117. The molecule has 32 heavy (non-hydrogen) atoms. The second kappa shape index (κ2) is 11.1. The molecule has 0 fully saturated rings. The van der Waals surface area contributed by atoms with Crippen LogP contribution in [-0.2, 0) is 16.6 Å². The van der Waals surface area contributed by atoms with Crippen LogP contribution in [0.3, 0.4) is 0 Å². The van der Waals surface area contributed by atoms with E-state index in [0.29, 0.717) is 5.82 Å². The van der Waals surface area contributed by atoms with Crippen LogP contribution in [0.2, 0.25) is 0 Å². The van der Waals surface area contributed by atoms with Gasteiger partial charge in [-0.05, 0) is 58.7 Å². The Bertz CT molecular complexity index is 880. The van der Waals surface area contributed by atoms with Crippen molar-refractivity contribution in [2.45, 2.75) is 78.9 Å². The Morgan fingerprint density at radius 3 is 2.47 bits per heavy atom. The lowest BCUT2D eigenvalue weighted by atomic mass is 10.1. The number of unbranched alkanes of at least 4 members (excludes halogenated alkanes) is 2. The molecule has 0 saturated carbocycles.